The Kier molecular flexibility index (Phi) is 6.01. The van der Waals surface area contributed by atoms with Crippen molar-refractivity contribution >= 4 is 33.0 Å². The number of hydrogen-bond donors (Lipinski definition) is 1. The number of rotatable bonds is 7. The lowest BCUT2D eigenvalue weighted by molar-refractivity contribution is -0.118. The Morgan fingerprint density at radius 2 is 1.83 bits per heavy atom. The average Bonchev–Trinajstić information content (AvgIpc) is 2.97. The minimum Gasteiger partial charge on any atom is -0.356 e. The van der Waals surface area contributed by atoms with Crippen LogP contribution in [0.5, 0.6) is 0 Å². The summed E-state index contributed by atoms with van der Waals surface area (Å²) in [7, 11) is -3.61. The number of thiophene rings is 1. The van der Waals surface area contributed by atoms with Crippen LogP contribution in [0.3, 0.4) is 0 Å². The largest absolute Gasteiger partial charge is 0.356 e. The molecule has 0 aliphatic rings. The molecule has 24 heavy (non-hydrogen) atoms. The molecule has 1 N–H and O–H groups in total. The molecule has 0 unspecified atom stereocenters. The van der Waals surface area contributed by atoms with Crippen LogP contribution in [0.15, 0.2) is 46.7 Å². The summed E-state index contributed by atoms with van der Waals surface area (Å²) < 4.78 is 27.8. The van der Waals surface area contributed by atoms with Crippen LogP contribution >= 0.6 is 11.3 Å². The van der Waals surface area contributed by atoms with Gasteiger partial charge < -0.3 is 5.32 Å². The number of amides is 1. The lowest BCUT2D eigenvalue weighted by Crippen LogP contribution is -2.36. The van der Waals surface area contributed by atoms with E-state index >= 15 is 0 Å². The van der Waals surface area contributed by atoms with Crippen LogP contribution in [-0.4, -0.2) is 26.9 Å². The first kappa shape index (κ1) is 18.5. The Hall–Kier alpha value is -1.86. The Bertz CT molecular complexity index is 783. The topological polar surface area (TPSA) is 66.5 Å². The highest BCUT2D eigenvalue weighted by Gasteiger charge is 2.28. The average molecular weight is 367 g/mol. The summed E-state index contributed by atoms with van der Waals surface area (Å²) in [6, 6.07) is 12.4. The summed E-state index contributed by atoms with van der Waals surface area (Å²) in [5.41, 5.74) is 0.653. The van der Waals surface area contributed by atoms with E-state index < -0.39 is 10.0 Å². The van der Waals surface area contributed by atoms with Gasteiger partial charge in [0.1, 0.15) is 4.21 Å². The third-order valence-corrected chi connectivity index (χ3v) is 6.99. The van der Waals surface area contributed by atoms with Gasteiger partial charge in [-0.1, -0.05) is 18.2 Å². The number of benzene rings is 1. The smallest absolute Gasteiger partial charge is 0.274 e. The molecule has 7 heteroatoms. The van der Waals surface area contributed by atoms with Gasteiger partial charge >= 0.3 is 0 Å². The molecule has 0 bridgehead atoms. The van der Waals surface area contributed by atoms with Gasteiger partial charge in [-0.05, 0) is 44.5 Å². The molecule has 1 heterocycles. The van der Waals surface area contributed by atoms with Crippen LogP contribution in [0.2, 0.25) is 0 Å². The van der Waals surface area contributed by atoms with Crippen molar-refractivity contribution < 1.29 is 13.2 Å². The maximum Gasteiger partial charge on any atom is 0.274 e. The van der Waals surface area contributed by atoms with E-state index in [1.807, 2.05) is 38.1 Å². The van der Waals surface area contributed by atoms with Crippen molar-refractivity contribution in [1.29, 1.82) is 0 Å². The van der Waals surface area contributed by atoms with Crippen LogP contribution in [0.4, 0.5) is 5.69 Å². The van der Waals surface area contributed by atoms with Crippen molar-refractivity contribution in [3.8, 4) is 0 Å². The predicted molar refractivity (Wildman–Crippen MR) is 97.9 cm³/mol. The molecule has 1 amide bonds. The van der Waals surface area contributed by atoms with Crippen molar-refractivity contribution in [3.63, 3.8) is 0 Å². The third-order valence-electron chi connectivity index (χ3n) is 3.38. The summed E-state index contributed by atoms with van der Waals surface area (Å²) in [5.74, 6) is -0.0885. The van der Waals surface area contributed by atoms with Crippen LogP contribution < -0.4 is 9.62 Å². The van der Waals surface area contributed by atoms with E-state index in [-0.39, 0.29) is 11.9 Å². The maximum atomic E-state index is 13.0. The molecule has 0 atom stereocenters. The number of para-hydroxylation sites is 1. The number of nitrogens with zero attached hydrogens (tertiary/aromatic N) is 1. The monoisotopic (exact) mass is 366 g/mol. The molecular weight excluding hydrogens is 344 g/mol. The summed E-state index contributed by atoms with van der Waals surface area (Å²) >= 11 is 1.25. The van der Waals surface area contributed by atoms with Gasteiger partial charge in [-0.15, -0.1) is 11.3 Å². The van der Waals surface area contributed by atoms with Crippen molar-refractivity contribution in [3.05, 3.63) is 47.3 Å². The van der Waals surface area contributed by atoms with Crippen molar-refractivity contribution in [2.75, 3.05) is 10.8 Å². The maximum absolute atomic E-state index is 13.0. The van der Waals surface area contributed by atoms with Crippen LogP contribution in [-0.2, 0) is 21.2 Å². The van der Waals surface area contributed by atoms with Gasteiger partial charge in [0.15, 0.2) is 0 Å². The van der Waals surface area contributed by atoms with E-state index in [2.05, 4.69) is 5.32 Å². The fraction of sp³-hybridized carbons (Fsp3) is 0.353. The highest BCUT2D eigenvalue weighted by molar-refractivity contribution is 7.94. The number of carbonyl (C=O) groups excluding carboxylic acids is 1. The molecule has 2 rings (SSSR count). The summed E-state index contributed by atoms with van der Waals surface area (Å²) in [5, 5.41) is 2.72. The molecule has 0 radical (unpaired) electrons. The Morgan fingerprint density at radius 3 is 2.42 bits per heavy atom. The van der Waals surface area contributed by atoms with Gasteiger partial charge in [0, 0.05) is 24.4 Å². The lowest BCUT2D eigenvalue weighted by atomic mass is 10.3. The molecule has 130 valence electrons. The minimum atomic E-state index is -3.61. The molecule has 0 aliphatic carbocycles. The standard InChI is InChI=1S/C17H22N2O3S2/c1-13(2)19(15-7-5-4-6-8-15)24(21,22)17-10-9-16(23-17)11-12-18-14(3)20/h4-10,13H,11-12H2,1-3H3,(H,18,20). The van der Waals surface area contributed by atoms with Gasteiger partial charge in [0.05, 0.1) is 5.69 Å². The van der Waals surface area contributed by atoms with Crippen molar-refractivity contribution in [2.45, 2.75) is 37.4 Å². The second-order valence-electron chi connectivity index (χ2n) is 5.68. The fourth-order valence-corrected chi connectivity index (χ4v) is 5.49. The van der Waals surface area contributed by atoms with E-state index in [0.29, 0.717) is 22.9 Å². The normalized spacial score (nSPS) is 11.5. The molecule has 0 spiro atoms. The molecule has 1 aromatic carbocycles. The van der Waals surface area contributed by atoms with Crippen molar-refractivity contribution in [2.24, 2.45) is 0 Å². The van der Waals surface area contributed by atoms with Crippen LogP contribution in [0.1, 0.15) is 25.6 Å². The first-order valence-corrected chi connectivity index (χ1v) is 10.0. The fourth-order valence-electron chi connectivity index (χ4n) is 2.38. The number of hydrogen-bond acceptors (Lipinski definition) is 4. The number of anilines is 1. The molecule has 0 saturated carbocycles. The molecule has 5 nitrogen and oxygen atoms in total. The second-order valence-corrected chi connectivity index (χ2v) is 8.89. The Labute approximate surface area is 147 Å². The van der Waals surface area contributed by atoms with Gasteiger partial charge in [-0.2, -0.15) is 0 Å². The molecule has 0 fully saturated rings. The summed E-state index contributed by atoms with van der Waals surface area (Å²) in [6.07, 6.45) is 0.618. The second kappa shape index (κ2) is 7.81. The zero-order chi connectivity index (χ0) is 17.7. The lowest BCUT2D eigenvalue weighted by Gasteiger charge is -2.27. The Morgan fingerprint density at radius 1 is 1.17 bits per heavy atom. The SMILES string of the molecule is CC(=O)NCCc1ccc(S(=O)(=O)N(c2ccccc2)C(C)C)s1. The van der Waals surface area contributed by atoms with E-state index in [4.69, 9.17) is 0 Å². The zero-order valence-corrected chi connectivity index (χ0v) is 15.7. The first-order chi connectivity index (χ1) is 11.3. The van der Waals surface area contributed by atoms with Gasteiger partial charge in [0.2, 0.25) is 5.91 Å². The number of carbonyl (C=O) groups is 1. The molecule has 1 aromatic heterocycles. The van der Waals surface area contributed by atoms with Gasteiger partial charge in [0.25, 0.3) is 10.0 Å². The molecule has 0 saturated heterocycles. The third kappa shape index (κ3) is 4.36. The summed E-state index contributed by atoms with van der Waals surface area (Å²) in [4.78, 5) is 11.8. The first-order valence-electron chi connectivity index (χ1n) is 7.75. The van der Waals surface area contributed by atoms with Gasteiger partial charge in [-0.3, -0.25) is 9.10 Å². The van der Waals surface area contributed by atoms with Crippen molar-refractivity contribution in [1.82, 2.24) is 5.32 Å². The van der Waals surface area contributed by atoms with E-state index in [0.717, 1.165) is 4.88 Å². The summed E-state index contributed by atoms with van der Waals surface area (Å²) in [6.45, 7) is 5.68. The number of nitrogens with one attached hydrogen (secondary N) is 1. The molecule has 2 aromatic rings. The molecule has 0 aliphatic heterocycles. The van der Waals surface area contributed by atoms with Crippen LogP contribution in [0, 0.1) is 0 Å². The quantitative estimate of drug-likeness (QED) is 0.819. The van der Waals surface area contributed by atoms with Crippen LogP contribution in [0.25, 0.3) is 0 Å². The minimum absolute atomic E-state index is 0.0885. The van der Waals surface area contributed by atoms with E-state index in [1.54, 1.807) is 18.2 Å². The van der Waals surface area contributed by atoms with Gasteiger partial charge in [-0.25, -0.2) is 8.42 Å². The van der Waals surface area contributed by atoms with E-state index in [1.165, 1.54) is 22.6 Å². The van der Waals surface area contributed by atoms with E-state index in [9.17, 15) is 13.2 Å². The highest BCUT2D eigenvalue weighted by Crippen LogP contribution is 2.30. The Balaban J connectivity index is 2.25. The predicted octanol–water partition coefficient (Wildman–Crippen LogP) is 3.03. The zero-order valence-electron chi connectivity index (χ0n) is 14.0. The highest BCUT2D eigenvalue weighted by atomic mass is 32.2. The molecular formula is C17H22N2O3S2. The number of sulfonamides is 1.